The third-order valence-corrected chi connectivity index (χ3v) is 7.51. The van der Waals surface area contributed by atoms with Gasteiger partial charge in [-0.2, -0.15) is 0 Å². The molecule has 2 aromatic rings. The molecule has 5 rings (SSSR count). The van der Waals surface area contributed by atoms with E-state index in [0.717, 1.165) is 49.5 Å². The maximum Gasteiger partial charge on any atom is 0.410 e. The molecule has 1 spiro atoms. The Hall–Kier alpha value is -2.64. The van der Waals surface area contributed by atoms with Crippen LogP contribution in [0.1, 0.15) is 69.2 Å². The Morgan fingerprint density at radius 2 is 1.97 bits per heavy atom. The molecule has 3 heterocycles. The summed E-state index contributed by atoms with van der Waals surface area (Å²) >= 11 is 0. The van der Waals surface area contributed by atoms with Crippen molar-refractivity contribution in [1.82, 2.24) is 24.9 Å². The molecular formula is C24H33N5O3. The number of carbonyl (C=O) groups is 1. The minimum absolute atomic E-state index is 0.127. The highest BCUT2D eigenvalue weighted by atomic mass is 16.6. The van der Waals surface area contributed by atoms with E-state index in [4.69, 9.17) is 14.5 Å². The molecule has 0 unspecified atom stereocenters. The number of amides is 1. The predicted molar refractivity (Wildman–Crippen MR) is 119 cm³/mol. The maximum absolute atomic E-state index is 12.6. The Bertz CT molecular complexity index is 978. The van der Waals surface area contributed by atoms with Gasteiger partial charge in [0.2, 0.25) is 0 Å². The van der Waals surface area contributed by atoms with E-state index in [1.54, 1.807) is 4.68 Å². The second-order valence-electron chi connectivity index (χ2n) is 9.75. The number of likely N-dealkylation sites (tertiary alicyclic amines) is 1. The molecule has 1 aliphatic heterocycles. The summed E-state index contributed by atoms with van der Waals surface area (Å²) in [4.78, 5) is 19.2. The third kappa shape index (κ3) is 4.19. The molecule has 1 amide bonds. The zero-order valence-corrected chi connectivity index (χ0v) is 19.2. The molecule has 1 saturated heterocycles. The van der Waals surface area contributed by atoms with Gasteiger partial charge in [0, 0.05) is 20.1 Å². The summed E-state index contributed by atoms with van der Waals surface area (Å²) in [7, 11) is 1.81. The monoisotopic (exact) mass is 439 g/mol. The van der Waals surface area contributed by atoms with Crippen LogP contribution in [0.5, 0.6) is 5.75 Å². The minimum atomic E-state index is -0.249. The molecule has 0 aromatic carbocycles. The second kappa shape index (κ2) is 8.71. The Kier molecular flexibility index (Phi) is 5.78. The van der Waals surface area contributed by atoms with E-state index in [2.05, 4.69) is 10.3 Å². The van der Waals surface area contributed by atoms with Crippen molar-refractivity contribution in [1.29, 1.82) is 0 Å². The van der Waals surface area contributed by atoms with Crippen LogP contribution >= 0.6 is 0 Å². The lowest BCUT2D eigenvalue weighted by molar-refractivity contribution is 0.0874. The molecular weight excluding hydrogens is 406 g/mol. The fourth-order valence-corrected chi connectivity index (χ4v) is 5.30. The zero-order chi connectivity index (χ0) is 22.1. The highest BCUT2D eigenvalue weighted by Gasteiger charge is 2.44. The number of nitrogens with zero attached hydrogens (tertiary/aromatic N) is 5. The van der Waals surface area contributed by atoms with Crippen molar-refractivity contribution in [3.8, 4) is 17.1 Å². The third-order valence-electron chi connectivity index (χ3n) is 7.51. The first kappa shape index (κ1) is 21.2. The molecule has 0 radical (unpaired) electrons. The fourth-order valence-electron chi connectivity index (χ4n) is 5.30. The van der Waals surface area contributed by atoms with Crippen LogP contribution in [0, 0.1) is 12.3 Å². The van der Waals surface area contributed by atoms with E-state index in [0.29, 0.717) is 16.8 Å². The van der Waals surface area contributed by atoms with Gasteiger partial charge >= 0.3 is 6.09 Å². The van der Waals surface area contributed by atoms with E-state index in [-0.39, 0.29) is 18.8 Å². The number of aryl methyl sites for hydroxylation is 2. The summed E-state index contributed by atoms with van der Waals surface area (Å²) in [5.74, 6) is 0.830. The minimum Gasteiger partial charge on any atom is -0.489 e. The van der Waals surface area contributed by atoms with Crippen LogP contribution in [0.4, 0.5) is 4.79 Å². The number of rotatable bonds is 5. The molecule has 172 valence electrons. The molecule has 3 aliphatic rings. The predicted octanol–water partition coefficient (Wildman–Crippen LogP) is 4.41. The first-order valence-electron chi connectivity index (χ1n) is 12.0. The highest BCUT2D eigenvalue weighted by molar-refractivity contribution is 5.68. The van der Waals surface area contributed by atoms with Crippen molar-refractivity contribution >= 4 is 6.09 Å². The van der Waals surface area contributed by atoms with Crippen LogP contribution in [0.25, 0.3) is 11.4 Å². The van der Waals surface area contributed by atoms with Gasteiger partial charge in [-0.3, -0.25) is 0 Å². The average Bonchev–Trinajstić information content (AvgIpc) is 3.39. The van der Waals surface area contributed by atoms with E-state index < -0.39 is 0 Å². The molecule has 8 nitrogen and oxygen atoms in total. The van der Waals surface area contributed by atoms with E-state index in [1.807, 2.05) is 31.0 Å². The Balaban J connectivity index is 1.25. The maximum atomic E-state index is 12.6. The molecule has 8 heteroatoms. The Labute approximate surface area is 189 Å². The molecule has 0 bridgehead atoms. The first-order valence-corrected chi connectivity index (χ1v) is 12.0. The van der Waals surface area contributed by atoms with Crippen LogP contribution in [0.2, 0.25) is 0 Å². The van der Waals surface area contributed by atoms with Gasteiger partial charge in [0.15, 0.2) is 0 Å². The number of aromatic nitrogens is 4. The number of hydrogen-bond acceptors (Lipinski definition) is 6. The van der Waals surface area contributed by atoms with Crippen LogP contribution in [0.3, 0.4) is 0 Å². The number of carbonyl (C=O) groups excluding carboxylic acids is 1. The Morgan fingerprint density at radius 1 is 1.16 bits per heavy atom. The smallest absolute Gasteiger partial charge is 0.410 e. The lowest BCUT2D eigenvalue weighted by Gasteiger charge is -2.37. The molecule has 0 atom stereocenters. The van der Waals surface area contributed by atoms with Gasteiger partial charge in [0.25, 0.3) is 0 Å². The standard InChI is InChI=1S/C24H33N5O3/c1-17-21(32-18-7-4-3-5-8-18)10-9-19(25-17)22-20(28(2)27-26-22)15-31-23(30)29-14-13-24(16-29)11-6-12-24/h9-10,18H,3-8,11-16H2,1-2H3. The van der Waals surface area contributed by atoms with Gasteiger partial charge in [-0.15, -0.1) is 5.10 Å². The van der Waals surface area contributed by atoms with Gasteiger partial charge in [-0.05, 0) is 69.4 Å². The fraction of sp³-hybridized carbons (Fsp3) is 0.667. The largest absolute Gasteiger partial charge is 0.489 e. The van der Waals surface area contributed by atoms with Gasteiger partial charge in [-0.25, -0.2) is 14.5 Å². The van der Waals surface area contributed by atoms with E-state index >= 15 is 0 Å². The van der Waals surface area contributed by atoms with Crippen LogP contribution in [0.15, 0.2) is 12.1 Å². The molecule has 3 fully saturated rings. The molecule has 2 aliphatic carbocycles. The summed E-state index contributed by atoms with van der Waals surface area (Å²) in [6, 6.07) is 3.89. The highest BCUT2D eigenvalue weighted by Crippen LogP contribution is 2.48. The summed E-state index contributed by atoms with van der Waals surface area (Å²) < 4.78 is 13.5. The van der Waals surface area contributed by atoms with E-state index in [9.17, 15) is 4.79 Å². The van der Waals surface area contributed by atoms with Crippen LogP contribution in [-0.2, 0) is 18.4 Å². The van der Waals surface area contributed by atoms with Crippen LogP contribution in [-0.4, -0.2) is 50.2 Å². The van der Waals surface area contributed by atoms with Gasteiger partial charge in [-0.1, -0.05) is 18.1 Å². The molecule has 2 saturated carbocycles. The van der Waals surface area contributed by atoms with Gasteiger partial charge in [0.05, 0.1) is 17.5 Å². The van der Waals surface area contributed by atoms with Gasteiger partial charge < -0.3 is 14.4 Å². The van der Waals surface area contributed by atoms with Crippen molar-refractivity contribution < 1.29 is 14.3 Å². The molecule has 2 aromatic heterocycles. The summed E-state index contributed by atoms with van der Waals surface area (Å²) in [5.41, 5.74) is 3.30. The summed E-state index contributed by atoms with van der Waals surface area (Å²) in [6.07, 6.45) is 10.9. The van der Waals surface area contributed by atoms with Crippen molar-refractivity contribution in [3.63, 3.8) is 0 Å². The molecule has 0 N–H and O–H groups in total. The summed E-state index contributed by atoms with van der Waals surface area (Å²) in [6.45, 7) is 3.70. The first-order chi connectivity index (χ1) is 15.5. The average molecular weight is 440 g/mol. The van der Waals surface area contributed by atoms with E-state index in [1.165, 1.54) is 38.5 Å². The SMILES string of the molecule is Cc1nc(-c2nnn(C)c2COC(=O)N2CCC3(CCC3)C2)ccc1OC1CCCCC1. The zero-order valence-electron chi connectivity index (χ0n) is 19.2. The van der Waals surface area contributed by atoms with Crippen LogP contribution < -0.4 is 4.74 Å². The Morgan fingerprint density at radius 3 is 2.66 bits per heavy atom. The second-order valence-corrected chi connectivity index (χ2v) is 9.75. The quantitative estimate of drug-likeness (QED) is 0.686. The number of ether oxygens (including phenoxy) is 2. The van der Waals surface area contributed by atoms with Crippen molar-refractivity contribution in [2.45, 2.75) is 77.4 Å². The van der Waals surface area contributed by atoms with Crippen molar-refractivity contribution in [2.24, 2.45) is 12.5 Å². The number of hydrogen-bond donors (Lipinski definition) is 0. The lowest BCUT2D eigenvalue weighted by atomic mass is 9.68. The normalized spacial score (nSPS) is 20.4. The topological polar surface area (TPSA) is 82.4 Å². The van der Waals surface area contributed by atoms with Gasteiger partial charge in [0.1, 0.15) is 23.7 Å². The van der Waals surface area contributed by atoms with Crippen molar-refractivity contribution in [2.75, 3.05) is 13.1 Å². The molecule has 32 heavy (non-hydrogen) atoms. The lowest BCUT2D eigenvalue weighted by Crippen LogP contribution is -2.36. The van der Waals surface area contributed by atoms with Crippen molar-refractivity contribution in [3.05, 3.63) is 23.5 Å². The summed E-state index contributed by atoms with van der Waals surface area (Å²) in [5, 5.41) is 8.45. The number of pyridine rings is 1.